The van der Waals surface area contributed by atoms with Crippen molar-refractivity contribution in [1.82, 2.24) is 15.2 Å². The Hall–Kier alpha value is -2.67. The lowest BCUT2D eigenvalue weighted by Crippen LogP contribution is -2.37. The molecule has 2 N–H and O–H groups in total. The molecule has 7 heteroatoms. The third-order valence-corrected chi connectivity index (χ3v) is 3.31. The molecule has 2 aromatic rings. The van der Waals surface area contributed by atoms with E-state index in [1.165, 1.54) is 18.3 Å². The first-order valence-corrected chi connectivity index (χ1v) is 7.29. The van der Waals surface area contributed by atoms with Gasteiger partial charge in [0.05, 0.1) is 30.6 Å². The maximum atomic E-state index is 12.2. The summed E-state index contributed by atoms with van der Waals surface area (Å²) in [5.41, 5.74) is 0.753. The molecule has 2 aromatic heterocycles. The molecule has 7 nitrogen and oxygen atoms in total. The Morgan fingerprint density at radius 2 is 2.22 bits per heavy atom. The standard InChI is InChI=1S/C16H19N3O4/c1-2-19(11-14-4-3-7-23-14)15(20)10-17-9-13-8-12(16(21)22)5-6-18-13/h3-8,17H,2,9-11H2,1H3,(H,21,22). The molecular formula is C16H19N3O4. The molecule has 0 aliphatic rings. The normalized spacial score (nSPS) is 10.5. The van der Waals surface area contributed by atoms with Crippen LogP contribution in [0, 0.1) is 0 Å². The van der Waals surface area contributed by atoms with Crippen molar-refractivity contribution in [1.29, 1.82) is 0 Å². The Bertz CT molecular complexity index is 655. The zero-order valence-electron chi connectivity index (χ0n) is 12.9. The van der Waals surface area contributed by atoms with Crippen molar-refractivity contribution in [2.24, 2.45) is 0 Å². The minimum atomic E-state index is -1.000. The van der Waals surface area contributed by atoms with Gasteiger partial charge in [-0.2, -0.15) is 0 Å². The lowest BCUT2D eigenvalue weighted by molar-refractivity contribution is -0.130. The molecule has 0 aliphatic heterocycles. The highest BCUT2D eigenvalue weighted by atomic mass is 16.4. The number of aromatic nitrogens is 1. The predicted octanol–water partition coefficient (Wildman–Crippen LogP) is 1.51. The fourth-order valence-corrected chi connectivity index (χ4v) is 2.08. The van der Waals surface area contributed by atoms with Crippen molar-refractivity contribution in [2.45, 2.75) is 20.0 Å². The molecule has 2 heterocycles. The van der Waals surface area contributed by atoms with Crippen molar-refractivity contribution in [2.75, 3.05) is 13.1 Å². The zero-order valence-corrected chi connectivity index (χ0v) is 12.9. The van der Waals surface area contributed by atoms with Gasteiger partial charge in [-0.05, 0) is 31.2 Å². The van der Waals surface area contributed by atoms with Crippen molar-refractivity contribution in [3.63, 3.8) is 0 Å². The number of carbonyl (C=O) groups excluding carboxylic acids is 1. The monoisotopic (exact) mass is 317 g/mol. The molecule has 0 saturated carbocycles. The number of nitrogens with zero attached hydrogens (tertiary/aromatic N) is 2. The van der Waals surface area contributed by atoms with Crippen LogP contribution in [-0.2, 0) is 17.9 Å². The van der Waals surface area contributed by atoms with E-state index in [0.717, 1.165) is 5.76 Å². The number of hydrogen-bond donors (Lipinski definition) is 2. The van der Waals surface area contributed by atoms with Gasteiger partial charge in [0.15, 0.2) is 0 Å². The predicted molar refractivity (Wildman–Crippen MR) is 82.7 cm³/mol. The quantitative estimate of drug-likeness (QED) is 0.766. The summed E-state index contributed by atoms with van der Waals surface area (Å²) in [6, 6.07) is 6.52. The van der Waals surface area contributed by atoms with Crippen molar-refractivity contribution < 1.29 is 19.1 Å². The van der Waals surface area contributed by atoms with E-state index in [-0.39, 0.29) is 18.0 Å². The molecule has 0 radical (unpaired) electrons. The Morgan fingerprint density at radius 1 is 1.39 bits per heavy atom. The maximum absolute atomic E-state index is 12.2. The van der Waals surface area contributed by atoms with Gasteiger partial charge in [0, 0.05) is 19.3 Å². The highest BCUT2D eigenvalue weighted by Crippen LogP contribution is 2.05. The van der Waals surface area contributed by atoms with E-state index in [1.807, 2.05) is 13.0 Å². The number of rotatable bonds is 8. The molecule has 0 spiro atoms. The summed E-state index contributed by atoms with van der Waals surface area (Å²) in [5.74, 6) is -0.324. The number of likely N-dealkylation sites (N-methyl/N-ethyl adjacent to an activating group) is 1. The Labute approximate surface area is 133 Å². The number of furan rings is 1. The molecule has 0 saturated heterocycles. The van der Waals surface area contributed by atoms with Gasteiger partial charge >= 0.3 is 5.97 Å². The highest BCUT2D eigenvalue weighted by molar-refractivity contribution is 5.87. The van der Waals surface area contributed by atoms with E-state index >= 15 is 0 Å². The second-order valence-corrected chi connectivity index (χ2v) is 4.93. The number of aromatic carboxylic acids is 1. The summed E-state index contributed by atoms with van der Waals surface area (Å²) < 4.78 is 5.25. The van der Waals surface area contributed by atoms with Crippen LogP contribution in [0.2, 0.25) is 0 Å². The van der Waals surface area contributed by atoms with Gasteiger partial charge in [0.25, 0.3) is 0 Å². The number of nitrogens with one attached hydrogen (secondary N) is 1. The topological polar surface area (TPSA) is 95.7 Å². The number of carbonyl (C=O) groups is 2. The van der Waals surface area contributed by atoms with Crippen LogP contribution in [0.25, 0.3) is 0 Å². The fourth-order valence-electron chi connectivity index (χ4n) is 2.08. The van der Waals surface area contributed by atoms with Crippen LogP contribution in [0.1, 0.15) is 28.7 Å². The number of amides is 1. The van der Waals surface area contributed by atoms with Crippen LogP contribution in [0.5, 0.6) is 0 Å². The van der Waals surface area contributed by atoms with E-state index in [4.69, 9.17) is 9.52 Å². The Balaban J connectivity index is 1.83. The highest BCUT2D eigenvalue weighted by Gasteiger charge is 2.13. The van der Waals surface area contributed by atoms with Crippen LogP contribution < -0.4 is 5.32 Å². The molecule has 0 unspecified atom stereocenters. The molecule has 1 amide bonds. The largest absolute Gasteiger partial charge is 0.478 e. The van der Waals surface area contributed by atoms with Gasteiger partial charge in [-0.3, -0.25) is 9.78 Å². The average molecular weight is 317 g/mol. The number of hydrogen-bond acceptors (Lipinski definition) is 5. The van der Waals surface area contributed by atoms with Crippen molar-refractivity contribution in [3.05, 3.63) is 53.7 Å². The smallest absolute Gasteiger partial charge is 0.335 e. The first-order chi connectivity index (χ1) is 11.1. The molecular weight excluding hydrogens is 298 g/mol. The van der Waals surface area contributed by atoms with Crippen LogP contribution >= 0.6 is 0 Å². The van der Waals surface area contributed by atoms with Crippen LogP contribution in [0.15, 0.2) is 41.1 Å². The number of carboxylic acid groups (broad SMARTS) is 1. The zero-order chi connectivity index (χ0) is 16.7. The lowest BCUT2D eigenvalue weighted by Gasteiger charge is -2.19. The molecule has 0 aromatic carbocycles. The van der Waals surface area contributed by atoms with Crippen LogP contribution in [-0.4, -0.2) is 40.0 Å². The minimum absolute atomic E-state index is 0.0571. The summed E-state index contributed by atoms with van der Waals surface area (Å²) >= 11 is 0. The minimum Gasteiger partial charge on any atom is -0.478 e. The Morgan fingerprint density at radius 3 is 2.87 bits per heavy atom. The van der Waals surface area contributed by atoms with Gasteiger partial charge < -0.3 is 19.7 Å². The van der Waals surface area contributed by atoms with Crippen molar-refractivity contribution in [3.8, 4) is 0 Å². The molecule has 0 aliphatic carbocycles. The molecule has 2 rings (SSSR count). The second-order valence-electron chi connectivity index (χ2n) is 4.93. The summed E-state index contributed by atoms with van der Waals surface area (Å²) in [4.78, 5) is 28.8. The van der Waals surface area contributed by atoms with Gasteiger partial charge in [0.1, 0.15) is 5.76 Å². The molecule has 0 bridgehead atoms. The van der Waals surface area contributed by atoms with E-state index in [9.17, 15) is 9.59 Å². The molecule has 122 valence electrons. The third-order valence-electron chi connectivity index (χ3n) is 3.31. The lowest BCUT2D eigenvalue weighted by atomic mass is 10.2. The maximum Gasteiger partial charge on any atom is 0.335 e. The summed E-state index contributed by atoms with van der Waals surface area (Å²) in [7, 11) is 0. The van der Waals surface area contributed by atoms with Gasteiger partial charge in [-0.1, -0.05) is 0 Å². The van der Waals surface area contributed by atoms with Crippen molar-refractivity contribution >= 4 is 11.9 Å². The van der Waals surface area contributed by atoms with E-state index < -0.39 is 5.97 Å². The summed E-state index contributed by atoms with van der Waals surface area (Å²) in [5, 5.41) is 11.9. The Kier molecular flexibility index (Phi) is 5.87. The first-order valence-electron chi connectivity index (χ1n) is 7.29. The number of pyridine rings is 1. The second kappa shape index (κ2) is 8.09. The van der Waals surface area contributed by atoms with E-state index in [0.29, 0.717) is 25.3 Å². The van der Waals surface area contributed by atoms with E-state index in [1.54, 1.807) is 17.2 Å². The number of carboxylic acids is 1. The first kappa shape index (κ1) is 16.7. The summed E-state index contributed by atoms with van der Waals surface area (Å²) in [6.07, 6.45) is 3.02. The van der Waals surface area contributed by atoms with Gasteiger partial charge in [-0.25, -0.2) is 4.79 Å². The van der Waals surface area contributed by atoms with Crippen LogP contribution in [0.4, 0.5) is 0 Å². The SMILES string of the molecule is CCN(Cc1ccco1)C(=O)CNCc1cc(C(=O)O)ccn1. The molecule has 23 heavy (non-hydrogen) atoms. The fraction of sp³-hybridized carbons (Fsp3) is 0.312. The molecule has 0 atom stereocenters. The molecule has 0 fully saturated rings. The van der Waals surface area contributed by atoms with E-state index in [2.05, 4.69) is 10.3 Å². The summed E-state index contributed by atoms with van der Waals surface area (Å²) in [6.45, 7) is 3.38. The average Bonchev–Trinajstić information content (AvgIpc) is 3.05. The third kappa shape index (κ3) is 4.93. The van der Waals surface area contributed by atoms with Gasteiger partial charge in [-0.15, -0.1) is 0 Å². The van der Waals surface area contributed by atoms with Gasteiger partial charge in [0.2, 0.25) is 5.91 Å². The van der Waals surface area contributed by atoms with Crippen LogP contribution in [0.3, 0.4) is 0 Å².